The van der Waals surface area contributed by atoms with Crippen molar-refractivity contribution in [3.05, 3.63) is 71.0 Å². The van der Waals surface area contributed by atoms with Crippen LogP contribution in [0.5, 0.6) is 0 Å². The predicted octanol–water partition coefficient (Wildman–Crippen LogP) is 3.38. The first-order chi connectivity index (χ1) is 9.24. The Bertz CT molecular complexity index is 687. The van der Waals surface area contributed by atoms with Gasteiger partial charge in [0.05, 0.1) is 12.3 Å². The van der Waals surface area contributed by atoms with Gasteiger partial charge in [0.25, 0.3) is 0 Å². The summed E-state index contributed by atoms with van der Waals surface area (Å²) in [6.07, 6.45) is 0. The minimum absolute atomic E-state index is 0.248. The second-order valence-corrected chi connectivity index (χ2v) is 4.55. The maximum absolute atomic E-state index is 13.7. The van der Waals surface area contributed by atoms with Gasteiger partial charge in [-0.1, -0.05) is 42.0 Å². The third kappa shape index (κ3) is 2.32. The van der Waals surface area contributed by atoms with Crippen LogP contribution < -0.4 is 0 Å². The van der Waals surface area contributed by atoms with E-state index < -0.39 is 0 Å². The molecule has 19 heavy (non-hydrogen) atoms. The Morgan fingerprint density at radius 1 is 1.05 bits per heavy atom. The Labute approximate surface area is 111 Å². The summed E-state index contributed by atoms with van der Waals surface area (Å²) in [5.41, 5.74) is 3.37. The summed E-state index contributed by atoms with van der Waals surface area (Å²) in [7, 11) is 0. The Balaban J connectivity index is 1.95. The van der Waals surface area contributed by atoms with Gasteiger partial charge in [0.15, 0.2) is 5.84 Å². The zero-order valence-electron chi connectivity index (χ0n) is 10.6. The first-order valence-electron chi connectivity index (χ1n) is 6.18. The van der Waals surface area contributed by atoms with Crippen LogP contribution in [0.4, 0.5) is 4.39 Å². The number of amidine groups is 1. The average molecular weight is 252 g/mol. The summed E-state index contributed by atoms with van der Waals surface area (Å²) in [6.45, 7) is 2.46. The SMILES string of the molecule is Cc1cccc(C2=NCC(c3ccccc3F)=N2)c1. The van der Waals surface area contributed by atoms with Crippen molar-refractivity contribution in [1.29, 1.82) is 0 Å². The lowest BCUT2D eigenvalue weighted by Crippen LogP contribution is -2.04. The summed E-state index contributed by atoms with van der Waals surface area (Å²) >= 11 is 0. The monoisotopic (exact) mass is 252 g/mol. The first kappa shape index (κ1) is 11.8. The molecule has 0 atom stereocenters. The minimum atomic E-state index is -0.248. The molecule has 0 spiro atoms. The average Bonchev–Trinajstić information content (AvgIpc) is 2.89. The molecule has 0 saturated carbocycles. The molecule has 2 nitrogen and oxygen atoms in total. The summed E-state index contributed by atoms with van der Waals surface area (Å²) in [5, 5.41) is 0. The fraction of sp³-hybridized carbons (Fsp3) is 0.125. The zero-order chi connectivity index (χ0) is 13.2. The second kappa shape index (κ2) is 4.76. The zero-order valence-corrected chi connectivity index (χ0v) is 10.6. The molecule has 0 fully saturated rings. The second-order valence-electron chi connectivity index (χ2n) is 4.55. The van der Waals surface area contributed by atoms with Crippen LogP contribution in [0.1, 0.15) is 16.7 Å². The molecule has 0 amide bonds. The lowest BCUT2D eigenvalue weighted by molar-refractivity contribution is 0.625. The summed E-state index contributed by atoms with van der Waals surface area (Å²) in [6, 6.07) is 14.7. The summed E-state index contributed by atoms with van der Waals surface area (Å²) in [4.78, 5) is 8.85. The standard InChI is InChI=1S/C16H13FN2/c1-11-5-4-6-12(9-11)16-18-10-15(19-16)13-7-2-3-8-14(13)17/h2-9H,10H2,1H3. The van der Waals surface area contributed by atoms with Crippen LogP contribution in [0.3, 0.4) is 0 Å². The van der Waals surface area contributed by atoms with Gasteiger partial charge in [0.2, 0.25) is 0 Å². The van der Waals surface area contributed by atoms with Gasteiger partial charge in [-0.3, -0.25) is 4.99 Å². The van der Waals surface area contributed by atoms with Crippen LogP contribution in [-0.2, 0) is 0 Å². The Kier molecular flexibility index (Phi) is 2.95. The molecular weight excluding hydrogens is 239 g/mol. The largest absolute Gasteiger partial charge is 0.260 e. The molecule has 0 N–H and O–H groups in total. The highest BCUT2D eigenvalue weighted by molar-refractivity contribution is 6.17. The van der Waals surface area contributed by atoms with E-state index in [9.17, 15) is 4.39 Å². The van der Waals surface area contributed by atoms with E-state index in [1.165, 1.54) is 6.07 Å². The lowest BCUT2D eigenvalue weighted by atomic mass is 10.1. The van der Waals surface area contributed by atoms with Crippen LogP contribution in [0.25, 0.3) is 0 Å². The number of halogens is 1. The van der Waals surface area contributed by atoms with Crippen molar-refractivity contribution in [2.75, 3.05) is 6.54 Å². The van der Waals surface area contributed by atoms with E-state index in [-0.39, 0.29) is 5.82 Å². The van der Waals surface area contributed by atoms with Crippen LogP contribution in [0.2, 0.25) is 0 Å². The quantitative estimate of drug-likeness (QED) is 0.782. The lowest BCUT2D eigenvalue weighted by Gasteiger charge is -2.01. The Hall–Kier alpha value is -2.29. The smallest absolute Gasteiger partial charge is 0.155 e. The number of aryl methyl sites for hydroxylation is 1. The van der Waals surface area contributed by atoms with E-state index in [2.05, 4.69) is 9.98 Å². The highest BCUT2D eigenvalue weighted by Gasteiger charge is 2.16. The van der Waals surface area contributed by atoms with Crippen molar-refractivity contribution < 1.29 is 4.39 Å². The molecule has 3 rings (SSSR count). The summed E-state index contributed by atoms with van der Waals surface area (Å²) < 4.78 is 13.7. The topological polar surface area (TPSA) is 24.7 Å². The van der Waals surface area contributed by atoms with Crippen molar-refractivity contribution in [3.63, 3.8) is 0 Å². The molecule has 0 bridgehead atoms. The predicted molar refractivity (Wildman–Crippen MR) is 75.5 cm³/mol. The van der Waals surface area contributed by atoms with Gasteiger partial charge in [-0.05, 0) is 19.1 Å². The van der Waals surface area contributed by atoms with Crippen molar-refractivity contribution >= 4 is 11.5 Å². The molecule has 1 heterocycles. The van der Waals surface area contributed by atoms with Gasteiger partial charge in [-0.25, -0.2) is 9.38 Å². The molecule has 94 valence electrons. The van der Waals surface area contributed by atoms with Gasteiger partial charge < -0.3 is 0 Å². The molecule has 2 aromatic rings. The van der Waals surface area contributed by atoms with Gasteiger partial charge in [0.1, 0.15) is 5.82 Å². The van der Waals surface area contributed by atoms with Crippen LogP contribution >= 0.6 is 0 Å². The summed E-state index contributed by atoms with van der Waals surface area (Å²) in [5.74, 6) is 0.434. The maximum atomic E-state index is 13.7. The fourth-order valence-corrected chi connectivity index (χ4v) is 2.13. The van der Waals surface area contributed by atoms with Crippen molar-refractivity contribution in [2.24, 2.45) is 9.98 Å². The molecule has 0 unspecified atom stereocenters. The van der Waals surface area contributed by atoms with Gasteiger partial charge in [-0.15, -0.1) is 0 Å². The number of nitrogens with zero attached hydrogens (tertiary/aromatic N) is 2. The fourth-order valence-electron chi connectivity index (χ4n) is 2.13. The molecular formula is C16H13FN2. The Morgan fingerprint density at radius 3 is 2.68 bits per heavy atom. The highest BCUT2D eigenvalue weighted by atomic mass is 19.1. The third-order valence-electron chi connectivity index (χ3n) is 3.08. The first-order valence-corrected chi connectivity index (χ1v) is 6.18. The normalized spacial score (nSPS) is 14.2. The van der Waals surface area contributed by atoms with E-state index in [0.717, 1.165) is 11.1 Å². The third-order valence-corrected chi connectivity index (χ3v) is 3.08. The Morgan fingerprint density at radius 2 is 1.89 bits per heavy atom. The minimum Gasteiger partial charge on any atom is -0.260 e. The van der Waals surface area contributed by atoms with E-state index in [0.29, 0.717) is 23.7 Å². The maximum Gasteiger partial charge on any atom is 0.155 e. The molecule has 0 saturated heterocycles. The van der Waals surface area contributed by atoms with Gasteiger partial charge >= 0.3 is 0 Å². The van der Waals surface area contributed by atoms with E-state index >= 15 is 0 Å². The molecule has 1 aliphatic rings. The van der Waals surface area contributed by atoms with Crippen LogP contribution in [0, 0.1) is 12.7 Å². The van der Waals surface area contributed by atoms with Gasteiger partial charge in [0, 0.05) is 11.1 Å². The van der Waals surface area contributed by atoms with E-state index in [1.807, 2.05) is 37.3 Å². The number of hydrogen-bond acceptors (Lipinski definition) is 2. The van der Waals surface area contributed by atoms with Crippen LogP contribution in [0.15, 0.2) is 58.5 Å². The molecule has 0 aromatic heterocycles. The van der Waals surface area contributed by atoms with Crippen molar-refractivity contribution in [1.82, 2.24) is 0 Å². The number of hydrogen-bond donors (Lipinski definition) is 0. The molecule has 0 radical (unpaired) electrons. The number of aliphatic imine (C=N–C) groups is 2. The van der Waals surface area contributed by atoms with Crippen molar-refractivity contribution in [2.45, 2.75) is 6.92 Å². The van der Waals surface area contributed by atoms with Gasteiger partial charge in [-0.2, -0.15) is 0 Å². The van der Waals surface area contributed by atoms with E-state index in [4.69, 9.17) is 0 Å². The number of benzene rings is 2. The van der Waals surface area contributed by atoms with Crippen LogP contribution in [-0.4, -0.2) is 18.1 Å². The number of rotatable bonds is 2. The van der Waals surface area contributed by atoms with E-state index in [1.54, 1.807) is 12.1 Å². The highest BCUT2D eigenvalue weighted by Crippen LogP contribution is 2.15. The molecule has 1 aliphatic heterocycles. The van der Waals surface area contributed by atoms with Crippen molar-refractivity contribution in [3.8, 4) is 0 Å². The molecule has 3 heteroatoms. The molecule has 2 aromatic carbocycles. The molecule has 0 aliphatic carbocycles.